The molecule has 1 aromatic rings. The Morgan fingerprint density at radius 1 is 1.26 bits per heavy atom. The van der Waals surface area contributed by atoms with Crippen LogP contribution in [0.5, 0.6) is 5.75 Å². The molecule has 1 atom stereocenters. The summed E-state index contributed by atoms with van der Waals surface area (Å²) in [5.74, 6) is 1.04. The Kier molecular flexibility index (Phi) is 6.03. The molecule has 0 saturated heterocycles. The van der Waals surface area contributed by atoms with Gasteiger partial charge in [-0.3, -0.25) is 0 Å². The third-order valence-electron chi connectivity index (χ3n) is 3.68. The van der Waals surface area contributed by atoms with Crippen LogP contribution in [0.2, 0.25) is 0 Å². The summed E-state index contributed by atoms with van der Waals surface area (Å²) in [6.07, 6.45) is 8.48. The molecular formula is C16H22BrClO. The Balaban J connectivity index is 1.94. The average molecular weight is 346 g/mol. The fraction of sp³-hybridized carbons (Fsp3) is 0.625. The van der Waals surface area contributed by atoms with E-state index in [1.54, 1.807) is 0 Å². The molecule has 0 saturated carbocycles. The maximum atomic E-state index is 6.57. The minimum absolute atomic E-state index is 0.0750. The van der Waals surface area contributed by atoms with E-state index in [-0.39, 0.29) is 5.38 Å². The van der Waals surface area contributed by atoms with Crippen molar-refractivity contribution in [3.63, 3.8) is 0 Å². The zero-order chi connectivity index (χ0) is 13.7. The fourth-order valence-corrected chi connectivity index (χ4v) is 3.45. The van der Waals surface area contributed by atoms with E-state index in [0.717, 1.165) is 29.7 Å². The molecule has 0 radical (unpaired) electrons. The Morgan fingerprint density at radius 2 is 2.05 bits per heavy atom. The van der Waals surface area contributed by atoms with Gasteiger partial charge in [0, 0.05) is 16.5 Å². The van der Waals surface area contributed by atoms with Crippen molar-refractivity contribution in [2.24, 2.45) is 0 Å². The van der Waals surface area contributed by atoms with Gasteiger partial charge in [-0.25, -0.2) is 0 Å². The number of unbranched alkanes of at least 4 members (excludes halogenated alkanes) is 4. The molecular weight excluding hydrogens is 324 g/mol. The van der Waals surface area contributed by atoms with Gasteiger partial charge in [-0.2, -0.15) is 0 Å². The zero-order valence-electron chi connectivity index (χ0n) is 11.6. The second-order valence-corrected chi connectivity index (χ2v) is 6.69. The third-order valence-corrected chi connectivity index (χ3v) is 4.59. The van der Waals surface area contributed by atoms with Crippen molar-refractivity contribution in [2.45, 2.75) is 57.2 Å². The number of hydrogen-bond donors (Lipinski definition) is 0. The van der Waals surface area contributed by atoms with Crippen LogP contribution in [-0.4, -0.2) is 6.61 Å². The predicted octanol–water partition coefficient (Wildman–Crippen LogP) is 6.02. The van der Waals surface area contributed by atoms with Crippen molar-refractivity contribution in [3.8, 4) is 5.75 Å². The van der Waals surface area contributed by atoms with Crippen molar-refractivity contribution in [1.82, 2.24) is 0 Å². The van der Waals surface area contributed by atoms with Crippen LogP contribution in [0.1, 0.15) is 62.0 Å². The first-order chi connectivity index (χ1) is 9.22. The Bertz CT molecular complexity index is 419. The summed E-state index contributed by atoms with van der Waals surface area (Å²) in [5.41, 5.74) is 2.46. The number of halogens is 2. The van der Waals surface area contributed by atoms with E-state index < -0.39 is 0 Å². The van der Waals surface area contributed by atoms with Crippen molar-refractivity contribution in [2.75, 3.05) is 6.61 Å². The highest BCUT2D eigenvalue weighted by Crippen LogP contribution is 2.40. The minimum atomic E-state index is 0.0750. The van der Waals surface area contributed by atoms with Crippen LogP contribution in [0, 0.1) is 0 Å². The smallest absolute Gasteiger partial charge is 0.127 e. The van der Waals surface area contributed by atoms with E-state index in [1.165, 1.54) is 43.2 Å². The molecule has 0 spiro atoms. The third kappa shape index (κ3) is 4.13. The fourth-order valence-electron chi connectivity index (χ4n) is 2.61. The zero-order valence-corrected chi connectivity index (χ0v) is 13.9. The number of ether oxygens (including phenoxy) is 1. The SMILES string of the molecule is CCCCCCCC(Cl)c1cc(Br)cc2c1OCC2. The first kappa shape index (κ1) is 15.2. The largest absolute Gasteiger partial charge is 0.493 e. The normalized spacial score (nSPS) is 15.1. The van der Waals surface area contributed by atoms with Crippen molar-refractivity contribution in [1.29, 1.82) is 0 Å². The lowest BCUT2D eigenvalue weighted by Crippen LogP contribution is -1.96. The lowest BCUT2D eigenvalue weighted by atomic mass is 10.0. The molecule has 1 heterocycles. The van der Waals surface area contributed by atoms with Gasteiger partial charge in [-0.05, 0) is 24.1 Å². The topological polar surface area (TPSA) is 9.23 Å². The van der Waals surface area contributed by atoms with E-state index in [9.17, 15) is 0 Å². The molecule has 1 aliphatic heterocycles. The summed E-state index contributed by atoms with van der Waals surface area (Å²) in [5, 5.41) is 0.0750. The summed E-state index contributed by atoms with van der Waals surface area (Å²) in [7, 11) is 0. The van der Waals surface area contributed by atoms with Gasteiger partial charge in [0.2, 0.25) is 0 Å². The van der Waals surface area contributed by atoms with Crippen molar-refractivity contribution >= 4 is 27.5 Å². The number of fused-ring (bicyclic) bond motifs is 1. The standard InChI is InChI=1S/C16H22BrClO/c1-2-3-4-5-6-7-15(18)14-11-13(17)10-12-8-9-19-16(12)14/h10-11,15H,2-9H2,1H3. The predicted molar refractivity (Wildman–Crippen MR) is 85.3 cm³/mol. The van der Waals surface area contributed by atoms with Crippen LogP contribution in [-0.2, 0) is 6.42 Å². The van der Waals surface area contributed by atoms with Gasteiger partial charge in [0.1, 0.15) is 5.75 Å². The van der Waals surface area contributed by atoms with E-state index in [0.29, 0.717) is 0 Å². The van der Waals surface area contributed by atoms with Crippen molar-refractivity contribution < 1.29 is 4.74 Å². The molecule has 0 fully saturated rings. The molecule has 0 aromatic heterocycles. The highest BCUT2D eigenvalue weighted by atomic mass is 79.9. The van der Waals surface area contributed by atoms with Gasteiger partial charge in [0.15, 0.2) is 0 Å². The second kappa shape index (κ2) is 7.54. The quantitative estimate of drug-likeness (QED) is 0.433. The molecule has 1 nitrogen and oxygen atoms in total. The highest BCUT2D eigenvalue weighted by molar-refractivity contribution is 9.10. The number of hydrogen-bond acceptors (Lipinski definition) is 1. The maximum Gasteiger partial charge on any atom is 0.127 e. The molecule has 1 unspecified atom stereocenters. The van der Waals surface area contributed by atoms with E-state index in [2.05, 4.69) is 35.0 Å². The molecule has 1 aliphatic rings. The van der Waals surface area contributed by atoms with Gasteiger partial charge in [-0.15, -0.1) is 11.6 Å². The summed E-state index contributed by atoms with van der Waals surface area (Å²) >= 11 is 10.1. The Labute approximate surface area is 129 Å². The van der Waals surface area contributed by atoms with Crippen molar-refractivity contribution in [3.05, 3.63) is 27.7 Å². The Hall–Kier alpha value is -0.210. The lowest BCUT2D eigenvalue weighted by molar-refractivity contribution is 0.352. The number of rotatable bonds is 7. The van der Waals surface area contributed by atoms with Crippen LogP contribution in [0.15, 0.2) is 16.6 Å². The Morgan fingerprint density at radius 3 is 2.84 bits per heavy atom. The molecule has 0 aliphatic carbocycles. The maximum absolute atomic E-state index is 6.57. The van der Waals surface area contributed by atoms with Gasteiger partial charge in [0.05, 0.1) is 12.0 Å². The van der Waals surface area contributed by atoms with Crippen LogP contribution < -0.4 is 4.74 Å². The first-order valence-corrected chi connectivity index (χ1v) is 8.54. The van der Waals surface area contributed by atoms with E-state index in [4.69, 9.17) is 16.3 Å². The van der Waals surface area contributed by atoms with Crippen LogP contribution in [0.4, 0.5) is 0 Å². The van der Waals surface area contributed by atoms with Crippen LogP contribution in [0.25, 0.3) is 0 Å². The van der Waals surface area contributed by atoms with Crippen LogP contribution in [0.3, 0.4) is 0 Å². The summed E-state index contributed by atoms with van der Waals surface area (Å²) in [6.45, 7) is 3.03. The summed E-state index contributed by atoms with van der Waals surface area (Å²) < 4.78 is 6.86. The van der Waals surface area contributed by atoms with Gasteiger partial charge in [-0.1, -0.05) is 55.0 Å². The van der Waals surface area contributed by atoms with Crippen LogP contribution >= 0.6 is 27.5 Å². The minimum Gasteiger partial charge on any atom is -0.493 e. The molecule has 106 valence electrons. The molecule has 0 N–H and O–H groups in total. The van der Waals surface area contributed by atoms with Gasteiger partial charge < -0.3 is 4.74 Å². The lowest BCUT2D eigenvalue weighted by Gasteiger charge is -2.14. The van der Waals surface area contributed by atoms with Gasteiger partial charge >= 0.3 is 0 Å². The molecule has 19 heavy (non-hydrogen) atoms. The molecule has 0 bridgehead atoms. The second-order valence-electron chi connectivity index (χ2n) is 5.25. The summed E-state index contributed by atoms with van der Waals surface area (Å²) in [4.78, 5) is 0. The molecule has 3 heteroatoms. The molecule has 1 aromatic carbocycles. The molecule has 0 amide bonds. The summed E-state index contributed by atoms with van der Waals surface area (Å²) in [6, 6.07) is 4.27. The van der Waals surface area contributed by atoms with E-state index in [1.807, 2.05) is 0 Å². The number of benzene rings is 1. The monoisotopic (exact) mass is 344 g/mol. The van der Waals surface area contributed by atoms with E-state index >= 15 is 0 Å². The first-order valence-electron chi connectivity index (χ1n) is 7.31. The molecule has 2 rings (SSSR count). The van der Waals surface area contributed by atoms with Gasteiger partial charge in [0.25, 0.3) is 0 Å². The highest BCUT2D eigenvalue weighted by Gasteiger charge is 2.21. The number of alkyl halides is 1. The average Bonchev–Trinajstić information content (AvgIpc) is 2.85.